The molecule has 0 saturated heterocycles. The van der Waals surface area contributed by atoms with E-state index in [1.165, 1.54) is 16.5 Å². The molecule has 2 aromatic carbocycles. The molecule has 24 heavy (non-hydrogen) atoms. The minimum Gasteiger partial charge on any atom is -0.493 e. The molecule has 0 aliphatic carbocycles. The summed E-state index contributed by atoms with van der Waals surface area (Å²) in [5.41, 5.74) is 6.14. The monoisotopic (exact) mass is 317 g/mol. The summed E-state index contributed by atoms with van der Waals surface area (Å²) in [5.74, 6) is 1.55. The molecule has 3 heteroatoms. The second kappa shape index (κ2) is 5.38. The fourth-order valence-corrected chi connectivity index (χ4v) is 3.25. The van der Waals surface area contributed by atoms with Gasteiger partial charge in [0.05, 0.1) is 12.6 Å². The fourth-order valence-electron chi connectivity index (χ4n) is 3.25. The zero-order valence-electron chi connectivity index (χ0n) is 14.3. The molecule has 0 atom stereocenters. The number of para-hydroxylation sites is 1. The molecular formula is C21H19NO2. The summed E-state index contributed by atoms with van der Waals surface area (Å²) in [6.07, 6.45) is 0. The van der Waals surface area contributed by atoms with Gasteiger partial charge in [-0.25, -0.2) is 4.98 Å². The number of hydrogen-bond acceptors (Lipinski definition) is 3. The van der Waals surface area contributed by atoms with Gasteiger partial charge in [0.2, 0.25) is 0 Å². The molecule has 0 unspecified atom stereocenters. The number of pyridine rings is 1. The van der Waals surface area contributed by atoms with Crippen LogP contribution in [0.15, 0.2) is 46.9 Å². The Labute approximate surface area is 140 Å². The highest BCUT2D eigenvalue weighted by atomic mass is 16.5. The largest absolute Gasteiger partial charge is 0.493 e. The topological polar surface area (TPSA) is 35.3 Å². The van der Waals surface area contributed by atoms with Crippen LogP contribution in [0.25, 0.3) is 33.3 Å². The number of fused-ring (bicyclic) bond motifs is 2. The Morgan fingerprint density at radius 3 is 2.46 bits per heavy atom. The van der Waals surface area contributed by atoms with Crippen LogP contribution >= 0.6 is 0 Å². The van der Waals surface area contributed by atoms with Gasteiger partial charge in [0, 0.05) is 16.3 Å². The van der Waals surface area contributed by atoms with Gasteiger partial charge in [-0.3, -0.25) is 0 Å². The molecule has 2 aromatic heterocycles. The van der Waals surface area contributed by atoms with E-state index in [2.05, 4.69) is 45.0 Å². The number of benzene rings is 2. The Hall–Kier alpha value is -2.81. The summed E-state index contributed by atoms with van der Waals surface area (Å²) in [6.45, 7) is 6.27. The number of furan rings is 1. The number of hydrogen-bond donors (Lipinski definition) is 0. The first-order chi connectivity index (χ1) is 11.6. The number of methoxy groups -OCH3 is 1. The van der Waals surface area contributed by atoms with E-state index in [-0.39, 0.29) is 0 Å². The normalized spacial score (nSPS) is 11.3. The van der Waals surface area contributed by atoms with E-state index in [0.29, 0.717) is 0 Å². The third-order valence-electron chi connectivity index (χ3n) is 4.66. The lowest BCUT2D eigenvalue weighted by molar-refractivity contribution is 0.411. The fraction of sp³-hybridized carbons (Fsp3) is 0.190. The highest BCUT2D eigenvalue weighted by molar-refractivity contribution is 5.92. The Bertz CT molecular complexity index is 1080. The van der Waals surface area contributed by atoms with Crippen LogP contribution in [0, 0.1) is 20.8 Å². The third kappa shape index (κ3) is 2.08. The van der Waals surface area contributed by atoms with Crippen molar-refractivity contribution in [2.75, 3.05) is 7.11 Å². The van der Waals surface area contributed by atoms with Crippen LogP contribution in [0.3, 0.4) is 0 Å². The van der Waals surface area contributed by atoms with Gasteiger partial charge >= 0.3 is 0 Å². The second-order valence-corrected chi connectivity index (χ2v) is 6.19. The molecule has 2 heterocycles. The van der Waals surface area contributed by atoms with Gasteiger partial charge in [0.15, 0.2) is 17.1 Å². The Kier molecular flexibility index (Phi) is 3.31. The highest BCUT2D eigenvalue weighted by Crippen LogP contribution is 2.37. The summed E-state index contributed by atoms with van der Waals surface area (Å²) in [5, 5.41) is 2.25. The molecule has 3 nitrogen and oxygen atoms in total. The van der Waals surface area contributed by atoms with Crippen LogP contribution in [-0.4, -0.2) is 12.1 Å². The van der Waals surface area contributed by atoms with Crippen LogP contribution in [0.4, 0.5) is 0 Å². The number of aromatic nitrogens is 1. The van der Waals surface area contributed by atoms with E-state index in [1.807, 2.05) is 18.2 Å². The first kappa shape index (κ1) is 14.8. The zero-order chi connectivity index (χ0) is 16.8. The smallest absolute Gasteiger partial charge is 0.177 e. The van der Waals surface area contributed by atoms with E-state index >= 15 is 0 Å². The van der Waals surface area contributed by atoms with Crippen molar-refractivity contribution >= 4 is 21.9 Å². The Balaban J connectivity index is 1.99. The quantitative estimate of drug-likeness (QED) is 0.484. The van der Waals surface area contributed by atoms with Gasteiger partial charge in [-0.15, -0.1) is 0 Å². The molecule has 0 aliphatic heterocycles. The van der Waals surface area contributed by atoms with Gasteiger partial charge in [-0.2, -0.15) is 0 Å². The second-order valence-electron chi connectivity index (χ2n) is 6.19. The van der Waals surface area contributed by atoms with Crippen molar-refractivity contribution in [2.45, 2.75) is 20.8 Å². The summed E-state index contributed by atoms with van der Waals surface area (Å²) in [7, 11) is 1.66. The molecule has 0 N–H and O–H groups in total. The van der Waals surface area contributed by atoms with Crippen molar-refractivity contribution in [1.29, 1.82) is 0 Å². The van der Waals surface area contributed by atoms with Gasteiger partial charge in [-0.1, -0.05) is 30.3 Å². The van der Waals surface area contributed by atoms with E-state index in [9.17, 15) is 0 Å². The molecule has 4 aromatic rings. The Morgan fingerprint density at radius 2 is 1.67 bits per heavy atom. The number of rotatable bonds is 2. The summed E-state index contributed by atoms with van der Waals surface area (Å²) in [6, 6.07) is 14.4. The van der Waals surface area contributed by atoms with Crippen molar-refractivity contribution in [2.24, 2.45) is 0 Å². The standard InChI is InChI=1S/C21H19NO2/c1-12-8-9-13(2)19-15(12)10-11-17(22-19)20-14(3)16-6-5-7-18(23-4)21(16)24-20/h5-11H,1-4H3. The van der Waals surface area contributed by atoms with Crippen LogP contribution in [-0.2, 0) is 0 Å². The molecule has 0 bridgehead atoms. The lowest BCUT2D eigenvalue weighted by Gasteiger charge is -2.07. The minimum absolute atomic E-state index is 0.745. The minimum atomic E-state index is 0.745. The van der Waals surface area contributed by atoms with Crippen molar-refractivity contribution in [3.63, 3.8) is 0 Å². The number of ether oxygens (including phenoxy) is 1. The molecule has 120 valence electrons. The third-order valence-corrected chi connectivity index (χ3v) is 4.66. The lowest BCUT2D eigenvalue weighted by atomic mass is 10.0. The van der Waals surface area contributed by atoms with E-state index in [1.54, 1.807) is 7.11 Å². The van der Waals surface area contributed by atoms with Gasteiger partial charge in [0.1, 0.15) is 5.69 Å². The molecule has 0 spiro atoms. The van der Waals surface area contributed by atoms with E-state index in [0.717, 1.165) is 39.3 Å². The van der Waals surface area contributed by atoms with Crippen molar-refractivity contribution < 1.29 is 9.15 Å². The average Bonchev–Trinajstić information content (AvgIpc) is 2.95. The van der Waals surface area contributed by atoms with E-state index in [4.69, 9.17) is 14.1 Å². The predicted molar refractivity (Wildman–Crippen MR) is 97.7 cm³/mol. The maximum Gasteiger partial charge on any atom is 0.177 e. The summed E-state index contributed by atoms with van der Waals surface area (Å²) in [4.78, 5) is 4.88. The predicted octanol–water partition coefficient (Wildman–Crippen LogP) is 5.58. The van der Waals surface area contributed by atoms with Crippen LogP contribution in [0.1, 0.15) is 16.7 Å². The SMILES string of the molecule is COc1cccc2c(C)c(-c3ccc4c(C)ccc(C)c4n3)oc12. The van der Waals surface area contributed by atoms with Crippen LogP contribution in [0.5, 0.6) is 5.75 Å². The number of nitrogens with zero attached hydrogens (tertiary/aromatic N) is 1. The van der Waals surface area contributed by atoms with Crippen LogP contribution < -0.4 is 4.74 Å². The lowest BCUT2D eigenvalue weighted by Crippen LogP contribution is -1.90. The van der Waals surface area contributed by atoms with Crippen molar-refractivity contribution in [3.05, 3.63) is 59.2 Å². The van der Waals surface area contributed by atoms with Crippen LogP contribution in [0.2, 0.25) is 0 Å². The van der Waals surface area contributed by atoms with Crippen molar-refractivity contribution in [3.8, 4) is 17.2 Å². The molecular weight excluding hydrogens is 298 g/mol. The number of aryl methyl sites for hydroxylation is 3. The molecule has 0 radical (unpaired) electrons. The summed E-state index contributed by atoms with van der Waals surface area (Å²) < 4.78 is 11.6. The Morgan fingerprint density at radius 1 is 0.875 bits per heavy atom. The molecule has 0 amide bonds. The molecule has 0 fully saturated rings. The van der Waals surface area contributed by atoms with Gasteiger partial charge < -0.3 is 9.15 Å². The molecule has 0 saturated carbocycles. The van der Waals surface area contributed by atoms with Gasteiger partial charge in [-0.05, 0) is 44.0 Å². The average molecular weight is 317 g/mol. The summed E-state index contributed by atoms with van der Waals surface area (Å²) >= 11 is 0. The maximum absolute atomic E-state index is 6.14. The molecule has 4 rings (SSSR count). The van der Waals surface area contributed by atoms with Crippen molar-refractivity contribution in [1.82, 2.24) is 4.98 Å². The molecule has 0 aliphatic rings. The van der Waals surface area contributed by atoms with E-state index < -0.39 is 0 Å². The highest BCUT2D eigenvalue weighted by Gasteiger charge is 2.17. The van der Waals surface area contributed by atoms with Gasteiger partial charge in [0.25, 0.3) is 0 Å². The first-order valence-electron chi connectivity index (χ1n) is 8.03. The maximum atomic E-state index is 6.14. The zero-order valence-corrected chi connectivity index (χ0v) is 14.3. The first-order valence-corrected chi connectivity index (χ1v) is 8.03.